The minimum atomic E-state index is 0.179. The molecule has 14 heavy (non-hydrogen) atoms. The minimum absolute atomic E-state index is 0.179. The first-order valence-corrected chi connectivity index (χ1v) is 4.83. The van der Waals surface area contributed by atoms with Crippen molar-refractivity contribution in [1.29, 1.82) is 0 Å². The second kappa shape index (κ2) is 5.09. The molecule has 2 N–H and O–H groups in total. The highest BCUT2D eigenvalue weighted by molar-refractivity contribution is 4.86. The molecule has 5 nitrogen and oxygen atoms in total. The van der Waals surface area contributed by atoms with Crippen LogP contribution < -0.4 is 5.32 Å². The van der Waals surface area contributed by atoms with Gasteiger partial charge in [0.25, 0.3) is 0 Å². The van der Waals surface area contributed by atoms with Gasteiger partial charge in [0.15, 0.2) is 0 Å². The van der Waals surface area contributed by atoms with Gasteiger partial charge in [-0.3, -0.25) is 0 Å². The first kappa shape index (κ1) is 9.64. The number of hydrogen-bond acceptors (Lipinski definition) is 4. The zero-order valence-corrected chi connectivity index (χ0v) is 8.03. The van der Waals surface area contributed by atoms with Crippen molar-refractivity contribution >= 4 is 0 Å². The Morgan fingerprint density at radius 2 is 2.57 bits per heavy atom. The standard InChI is InChI=1S/C9H15N3O2/c1-2-12-9(11-1)6-10-5-8-7-13-3-4-14-8/h1-2,8,10H,3-7H2,(H,11,12). The van der Waals surface area contributed by atoms with Crippen LogP contribution in [-0.4, -0.2) is 42.4 Å². The van der Waals surface area contributed by atoms with Crippen molar-refractivity contribution in [3.8, 4) is 0 Å². The Balaban J connectivity index is 1.62. The van der Waals surface area contributed by atoms with Gasteiger partial charge >= 0.3 is 0 Å². The molecule has 1 saturated heterocycles. The summed E-state index contributed by atoms with van der Waals surface area (Å²) < 4.78 is 10.8. The summed E-state index contributed by atoms with van der Waals surface area (Å²) in [7, 11) is 0. The summed E-state index contributed by atoms with van der Waals surface area (Å²) >= 11 is 0. The number of aromatic nitrogens is 2. The third-order valence-electron chi connectivity index (χ3n) is 2.10. The topological polar surface area (TPSA) is 59.2 Å². The van der Waals surface area contributed by atoms with Crippen LogP contribution in [0.2, 0.25) is 0 Å². The molecule has 2 heterocycles. The Hall–Kier alpha value is -0.910. The summed E-state index contributed by atoms with van der Waals surface area (Å²) in [4.78, 5) is 7.14. The van der Waals surface area contributed by atoms with E-state index < -0.39 is 0 Å². The molecule has 5 heteroatoms. The smallest absolute Gasteiger partial charge is 0.120 e. The quantitative estimate of drug-likeness (QED) is 0.708. The van der Waals surface area contributed by atoms with E-state index in [0.717, 1.165) is 18.9 Å². The van der Waals surface area contributed by atoms with E-state index >= 15 is 0 Å². The molecule has 1 aromatic rings. The van der Waals surface area contributed by atoms with Crippen molar-refractivity contribution in [1.82, 2.24) is 15.3 Å². The van der Waals surface area contributed by atoms with E-state index in [2.05, 4.69) is 15.3 Å². The number of nitrogens with zero attached hydrogens (tertiary/aromatic N) is 1. The maximum absolute atomic E-state index is 5.48. The van der Waals surface area contributed by atoms with Crippen LogP contribution >= 0.6 is 0 Å². The maximum atomic E-state index is 5.48. The molecule has 1 aliphatic heterocycles. The second-order valence-corrected chi connectivity index (χ2v) is 3.23. The van der Waals surface area contributed by atoms with E-state index in [4.69, 9.17) is 9.47 Å². The average Bonchev–Trinajstić information content (AvgIpc) is 2.72. The normalized spacial score (nSPS) is 22.4. The lowest BCUT2D eigenvalue weighted by Gasteiger charge is -2.22. The molecule has 1 fully saturated rings. The van der Waals surface area contributed by atoms with Gasteiger partial charge in [-0.15, -0.1) is 0 Å². The summed E-state index contributed by atoms with van der Waals surface area (Å²) in [6.07, 6.45) is 3.74. The minimum Gasteiger partial charge on any atom is -0.376 e. The van der Waals surface area contributed by atoms with Crippen LogP contribution in [0.4, 0.5) is 0 Å². The van der Waals surface area contributed by atoms with Crippen molar-refractivity contribution in [2.75, 3.05) is 26.4 Å². The van der Waals surface area contributed by atoms with Gasteiger partial charge < -0.3 is 19.8 Å². The van der Waals surface area contributed by atoms with Crippen LogP contribution in [0.5, 0.6) is 0 Å². The van der Waals surface area contributed by atoms with Crippen molar-refractivity contribution in [3.63, 3.8) is 0 Å². The van der Waals surface area contributed by atoms with Crippen LogP contribution in [0.25, 0.3) is 0 Å². The van der Waals surface area contributed by atoms with E-state index in [9.17, 15) is 0 Å². The van der Waals surface area contributed by atoms with Crippen molar-refractivity contribution < 1.29 is 9.47 Å². The summed E-state index contributed by atoms with van der Waals surface area (Å²) in [6, 6.07) is 0. The highest BCUT2D eigenvalue weighted by Gasteiger charge is 2.13. The van der Waals surface area contributed by atoms with Gasteiger partial charge in [-0.25, -0.2) is 4.98 Å². The average molecular weight is 197 g/mol. The SMILES string of the molecule is c1c[nH]c(CNCC2COCCO2)n1. The van der Waals surface area contributed by atoms with Gasteiger partial charge in [-0.05, 0) is 0 Å². The number of imidazole rings is 1. The molecule has 78 valence electrons. The first-order valence-electron chi connectivity index (χ1n) is 4.83. The lowest BCUT2D eigenvalue weighted by atomic mass is 10.3. The molecule has 1 aromatic heterocycles. The molecule has 0 amide bonds. The molecule has 2 rings (SSSR count). The number of ether oxygens (including phenoxy) is 2. The molecule has 0 bridgehead atoms. The van der Waals surface area contributed by atoms with Crippen molar-refractivity contribution in [2.45, 2.75) is 12.6 Å². The fourth-order valence-electron chi connectivity index (χ4n) is 1.40. The van der Waals surface area contributed by atoms with Gasteiger partial charge in [0.05, 0.1) is 32.5 Å². The largest absolute Gasteiger partial charge is 0.376 e. The highest BCUT2D eigenvalue weighted by atomic mass is 16.6. The fourth-order valence-corrected chi connectivity index (χ4v) is 1.40. The molecular formula is C9H15N3O2. The predicted octanol–water partition coefficient (Wildman–Crippen LogP) is -0.0853. The Labute approximate surface area is 82.8 Å². The van der Waals surface area contributed by atoms with E-state index in [1.807, 2.05) is 6.20 Å². The van der Waals surface area contributed by atoms with E-state index in [-0.39, 0.29) is 6.10 Å². The van der Waals surface area contributed by atoms with E-state index in [1.165, 1.54) is 0 Å². The Kier molecular flexibility index (Phi) is 3.50. The van der Waals surface area contributed by atoms with Crippen LogP contribution in [0.15, 0.2) is 12.4 Å². The Morgan fingerprint density at radius 1 is 1.57 bits per heavy atom. The van der Waals surface area contributed by atoms with E-state index in [0.29, 0.717) is 19.8 Å². The number of hydrogen-bond donors (Lipinski definition) is 2. The van der Waals surface area contributed by atoms with Gasteiger partial charge in [-0.1, -0.05) is 0 Å². The molecule has 1 aliphatic rings. The van der Waals surface area contributed by atoms with Crippen LogP contribution in [0.3, 0.4) is 0 Å². The lowest BCUT2D eigenvalue weighted by molar-refractivity contribution is -0.0864. The molecule has 0 radical (unpaired) electrons. The summed E-state index contributed by atoms with van der Waals surface area (Å²) in [6.45, 7) is 3.65. The second-order valence-electron chi connectivity index (χ2n) is 3.23. The predicted molar refractivity (Wildman–Crippen MR) is 50.9 cm³/mol. The van der Waals surface area contributed by atoms with Crippen LogP contribution in [0.1, 0.15) is 5.82 Å². The van der Waals surface area contributed by atoms with Gasteiger partial charge in [-0.2, -0.15) is 0 Å². The Morgan fingerprint density at radius 3 is 3.29 bits per heavy atom. The monoisotopic (exact) mass is 197 g/mol. The maximum Gasteiger partial charge on any atom is 0.120 e. The Bertz CT molecular complexity index is 245. The molecule has 0 aromatic carbocycles. The van der Waals surface area contributed by atoms with Crippen LogP contribution in [0, 0.1) is 0 Å². The summed E-state index contributed by atoms with van der Waals surface area (Å²) in [5.41, 5.74) is 0. The molecule has 0 saturated carbocycles. The zero-order chi connectivity index (χ0) is 9.64. The third kappa shape index (κ3) is 2.80. The zero-order valence-electron chi connectivity index (χ0n) is 8.03. The highest BCUT2D eigenvalue weighted by Crippen LogP contribution is 1.99. The molecular weight excluding hydrogens is 182 g/mol. The number of aromatic amines is 1. The summed E-state index contributed by atoms with van der Waals surface area (Å²) in [5.74, 6) is 0.946. The number of H-pyrrole nitrogens is 1. The van der Waals surface area contributed by atoms with Gasteiger partial charge in [0.1, 0.15) is 5.82 Å². The van der Waals surface area contributed by atoms with E-state index in [1.54, 1.807) is 6.20 Å². The van der Waals surface area contributed by atoms with Gasteiger partial charge in [0, 0.05) is 18.9 Å². The van der Waals surface area contributed by atoms with Crippen LogP contribution in [-0.2, 0) is 16.0 Å². The fraction of sp³-hybridized carbons (Fsp3) is 0.667. The van der Waals surface area contributed by atoms with Gasteiger partial charge in [0.2, 0.25) is 0 Å². The summed E-state index contributed by atoms with van der Waals surface area (Å²) in [5, 5.41) is 3.26. The number of nitrogens with one attached hydrogen (secondary N) is 2. The molecule has 1 atom stereocenters. The van der Waals surface area contributed by atoms with Crippen molar-refractivity contribution in [3.05, 3.63) is 18.2 Å². The molecule has 0 aliphatic carbocycles. The number of rotatable bonds is 4. The lowest BCUT2D eigenvalue weighted by Crippen LogP contribution is -2.37. The molecule has 1 unspecified atom stereocenters. The van der Waals surface area contributed by atoms with Crippen molar-refractivity contribution in [2.24, 2.45) is 0 Å². The third-order valence-corrected chi connectivity index (χ3v) is 2.10. The molecule has 0 spiro atoms. The first-order chi connectivity index (χ1) is 6.95.